The molecule has 0 radical (unpaired) electrons. The van der Waals surface area contributed by atoms with Crippen LogP contribution in [0.3, 0.4) is 0 Å². The number of hydrogen-bond donors (Lipinski definition) is 0. The number of fused-ring (bicyclic) bond motifs is 1. The van der Waals surface area contributed by atoms with Gasteiger partial charge in [-0.25, -0.2) is 4.98 Å². The fourth-order valence-electron chi connectivity index (χ4n) is 3.60. The van der Waals surface area contributed by atoms with Crippen LogP contribution in [0.2, 0.25) is 0 Å². The number of amides is 1. The van der Waals surface area contributed by atoms with E-state index in [0.717, 1.165) is 10.4 Å². The molecule has 3 aromatic rings. The highest BCUT2D eigenvalue weighted by atomic mass is 32.2. The summed E-state index contributed by atoms with van der Waals surface area (Å²) in [6, 6.07) is 12.1. The second kappa shape index (κ2) is 10.4. The Balaban J connectivity index is 1.97. The van der Waals surface area contributed by atoms with Gasteiger partial charge in [-0.05, 0) is 39.3 Å². The van der Waals surface area contributed by atoms with Crippen LogP contribution in [0.25, 0.3) is 20.7 Å². The van der Waals surface area contributed by atoms with E-state index in [4.69, 9.17) is 9.72 Å². The van der Waals surface area contributed by atoms with Gasteiger partial charge in [0.25, 0.3) is 5.56 Å². The number of thioether (sulfide) groups is 1. The summed E-state index contributed by atoms with van der Waals surface area (Å²) in [5, 5.41) is 1.15. The minimum absolute atomic E-state index is 0.0405. The van der Waals surface area contributed by atoms with E-state index in [1.165, 1.54) is 23.1 Å². The molecule has 1 aromatic carbocycles. The Morgan fingerprint density at radius 2 is 1.87 bits per heavy atom. The third-order valence-electron chi connectivity index (χ3n) is 4.92. The first kappa shape index (κ1) is 23.5. The number of methoxy groups -OCH3 is 1. The van der Waals surface area contributed by atoms with Crippen molar-refractivity contribution in [3.63, 3.8) is 0 Å². The highest BCUT2D eigenvalue weighted by Crippen LogP contribution is 2.32. The normalized spacial score (nSPS) is 11.6. The lowest BCUT2D eigenvalue weighted by molar-refractivity contribution is -0.131. The molecule has 0 aliphatic carbocycles. The maximum absolute atomic E-state index is 13.3. The minimum Gasteiger partial charge on any atom is -0.383 e. The number of aromatic nitrogens is 2. The fourth-order valence-corrected chi connectivity index (χ4v) is 5.58. The molecule has 3 rings (SSSR count). The van der Waals surface area contributed by atoms with Gasteiger partial charge in [0, 0.05) is 24.1 Å². The van der Waals surface area contributed by atoms with Gasteiger partial charge in [0.1, 0.15) is 4.83 Å². The zero-order valence-corrected chi connectivity index (χ0v) is 20.3. The maximum atomic E-state index is 13.3. The van der Waals surface area contributed by atoms with Crippen LogP contribution in [-0.4, -0.2) is 51.9 Å². The zero-order chi connectivity index (χ0) is 22.5. The van der Waals surface area contributed by atoms with Crippen LogP contribution in [0, 0.1) is 0 Å². The SMILES string of the molecule is COCCn1c(SCC(=O)N(C(C)C)C(C)C)nc2sc(-c3ccccc3)cc2c1=O. The van der Waals surface area contributed by atoms with Crippen LogP contribution >= 0.6 is 23.1 Å². The third kappa shape index (κ3) is 5.37. The van der Waals surface area contributed by atoms with Gasteiger partial charge < -0.3 is 9.64 Å². The Morgan fingerprint density at radius 1 is 1.19 bits per heavy atom. The van der Waals surface area contributed by atoms with Crippen molar-refractivity contribution in [1.82, 2.24) is 14.5 Å². The van der Waals surface area contributed by atoms with E-state index in [0.29, 0.717) is 28.5 Å². The monoisotopic (exact) mass is 459 g/mol. The van der Waals surface area contributed by atoms with Crippen LogP contribution in [-0.2, 0) is 16.1 Å². The second-order valence-electron chi connectivity index (χ2n) is 7.82. The predicted octanol–water partition coefficient (Wildman–Crippen LogP) is 4.51. The van der Waals surface area contributed by atoms with Crippen molar-refractivity contribution in [3.05, 3.63) is 46.8 Å². The van der Waals surface area contributed by atoms with E-state index in [9.17, 15) is 9.59 Å². The van der Waals surface area contributed by atoms with Crippen LogP contribution in [0.4, 0.5) is 0 Å². The molecule has 0 bridgehead atoms. The molecule has 31 heavy (non-hydrogen) atoms. The van der Waals surface area contributed by atoms with Crippen LogP contribution in [0.1, 0.15) is 27.7 Å². The Morgan fingerprint density at radius 3 is 2.48 bits per heavy atom. The minimum atomic E-state index is -0.0972. The van der Waals surface area contributed by atoms with Crippen molar-refractivity contribution in [2.45, 2.75) is 51.5 Å². The number of ether oxygens (including phenoxy) is 1. The van der Waals surface area contributed by atoms with Gasteiger partial charge in [-0.3, -0.25) is 14.2 Å². The summed E-state index contributed by atoms with van der Waals surface area (Å²) < 4.78 is 6.83. The molecule has 0 aliphatic rings. The van der Waals surface area contributed by atoms with Gasteiger partial charge in [0.05, 0.1) is 24.3 Å². The molecule has 0 saturated carbocycles. The molecular weight excluding hydrogens is 430 g/mol. The van der Waals surface area contributed by atoms with Crippen LogP contribution in [0.15, 0.2) is 46.3 Å². The van der Waals surface area contributed by atoms with Gasteiger partial charge in [-0.1, -0.05) is 42.1 Å². The third-order valence-corrected chi connectivity index (χ3v) is 6.96. The Bertz CT molecular complexity index is 1080. The Labute approximate surface area is 191 Å². The lowest BCUT2D eigenvalue weighted by atomic mass is 10.2. The average Bonchev–Trinajstić information content (AvgIpc) is 3.16. The molecule has 8 heteroatoms. The predicted molar refractivity (Wildman–Crippen MR) is 129 cm³/mol. The highest BCUT2D eigenvalue weighted by molar-refractivity contribution is 7.99. The first-order chi connectivity index (χ1) is 14.8. The number of hydrogen-bond acceptors (Lipinski definition) is 6. The van der Waals surface area contributed by atoms with Crippen molar-refractivity contribution in [2.24, 2.45) is 0 Å². The van der Waals surface area contributed by atoms with Crippen molar-refractivity contribution in [3.8, 4) is 10.4 Å². The molecule has 6 nitrogen and oxygen atoms in total. The Hall–Kier alpha value is -2.16. The van der Waals surface area contributed by atoms with E-state index in [1.54, 1.807) is 11.7 Å². The molecular formula is C23H29N3O3S2. The van der Waals surface area contributed by atoms with Crippen molar-refractivity contribution in [1.29, 1.82) is 0 Å². The van der Waals surface area contributed by atoms with E-state index in [-0.39, 0.29) is 29.3 Å². The number of nitrogens with zero attached hydrogens (tertiary/aromatic N) is 3. The van der Waals surface area contributed by atoms with Gasteiger partial charge in [-0.2, -0.15) is 0 Å². The molecule has 166 valence electrons. The topological polar surface area (TPSA) is 64.4 Å². The smallest absolute Gasteiger partial charge is 0.263 e. The largest absolute Gasteiger partial charge is 0.383 e. The van der Waals surface area contributed by atoms with E-state index >= 15 is 0 Å². The van der Waals surface area contributed by atoms with Gasteiger partial charge >= 0.3 is 0 Å². The van der Waals surface area contributed by atoms with Crippen LogP contribution in [0.5, 0.6) is 0 Å². The summed E-state index contributed by atoms with van der Waals surface area (Å²) in [5.41, 5.74) is 0.960. The number of carbonyl (C=O) groups is 1. The molecule has 1 amide bonds. The number of carbonyl (C=O) groups excluding carboxylic acids is 1. The van der Waals surface area contributed by atoms with Gasteiger partial charge in [-0.15, -0.1) is 11.3 Å². The number of rotatable bonds is 9. The molecule has 0 unspecified atom stereocenters. The van der Waals surface area contributed by atoms with E-state index in [1.807, 2.05) is 69.0 Å². The van der Waals surface area contributed by atoms with E-state index < -0.39 is 0 Å². The van der Waals surface area contributed by atoms with Gasteiger partial charge in [0.2, 0.25) is 5.91 Å². The molecule has 2 aromatic heterocycles. The van der Waals surface area contributed by atoms with Crippen LogP contribution < -0.4 is 5.56 Å². The number of benzene rings is 1. The first-order valence-corrected chi connectivity index (χ1v) is 12.2. The summed E-state index contributed by atoms with van der Waals surface area (Å²) in [7, 11) is 1.61. The first-order valence-electron chi connectivity index (χ1n) is 10.4. The van der Waals surface area contributed by atoms with Crippen molar-refractivity contribution < 1.29 is 9.53 Å². The summed E-state index contributed by atoms with van der Waals surface area (Å²) >= 11 is 2.81. The molecule has 2 heterocycles. The lowest BCUT2D eigenvalue weighted by Crippen LogP contribution is -2.43. The van der Waals surface area contributed by atoms with Crippen molar-refractivity contribution in [2.75, 3.05) is 19.5 Å². The highest BCUT2D eigenvalue weighted by Gasteiger charge is 2.22. The molecule has 0 spiro atoms. The number of thiophene rings is 1. The zero-order valence-electron chi connectivity index (χ0n) is 18.6. The van der Waals surface area contributed by atoms with Gasteiger partial charge in [0.15, 0.2) is 5.16 Å². The second-order valence-corrected chi connectivity index (χ2v) is 9.79. The quantitative estimate of drug-likeness (QED) is 0.348. The molecule has 0 fully saturated rings. The summed E-state index contributed by atoms with van der Waals surface area (Å²) in [4.78, 5) is 34.4. The van der Waals surface area contributed by atoms with Crippen molar-refractivity contribution >= 4 is 39.2 Å². The standard InChI is InChI=1S/C23H29N3O3S2/c1-15(2)26(16(3)4)20(27)14-30-23-24-21-18(22(28)25(23)11-12-29-5)13-19(31-21)17-9-7-6-8-10-17/h6-10,13,15-16H,11-12,14H2,1-5H3. The summed E-state index contributed by atoms with van der Waals surface area (Å²) in [6.07, 6.45) is 0. The molecule has 0 saturated heterocycles. The van der Waals surface area contributed by atoms with E-state index in [2.05, 4.69) is 0 Å². The summed E-state index contributed by atoms with van der Waals surface area (Å²) in [6.45, 7) is 8.84. The average molecular weight is 460 g/mol. The molecule has 0 N–H and O–H groups in total. The fraction of sp³-hybridized carbons (Fsp3) is 0.435. The molecule has 0 aliphatic heterocycles. The Kier molecular flexibility index (Phi) is 7.91. The maximum Gasteiger partial charge on any atom is 0.263 e. The molecule has 0 atom stereocenters. The lowest BCUT2D eigenvalue weighted by Gasteiger charge is -2.30. The summed E-state index contributed by atoms with van der Waals surface area (Å²) in [5.74, 6) is 0.275.